The second kappa shape index (κ2) is 3.33. The van der Waals surface area contributed by atoms with Gasteiger partial charge in [-0.25, -0.2) is 9.59 Å². The topological polar surface area (TPSA) is 98.9 Å². The average molecular weight is 173 g/mol. The van der Waals surface area contributed by atoms with Gasteiger partial charge in [0.2, 0.25) is 0 Å². The van der Waals surface area contributed by atoms with Crippen LogP contribution in [-0.2, 0) is 19.1 Å². The first-order chi connectivity index (χ1) is 5.63. The lowest BCUT2D eigenvalue weighted by Gasteiger charge is -2.08. The van der Waals surface area contributed by atoms with E-state index in [2.05, 4.69) is 9.47 Å². The first-order valence-electron chi connectivity index (χ1n) is 3.12. The first kappa shape index (κ1) is 8.69. The van der Waals surface area contributed by atoms with Crippen LogP contribution >= 0.6 is 0 Å². The molecule has 0 radical (unpaired) electrons. The number of carbonyl (C=O) groups excluding carboxylic acids is 2. The fourth-order valence-corrected chi connectivity index (χ4v) is 0.665. The summed E-state index contributed by atoms with van der Waals surface area (Å²) in [6.45, 7) is -0.583. The standard InChI is InChI=1S/C6H7NO5/c7-6-11-4(9)1-3(2-8)5(10)12-6/h1,6,8H,2,7H2. The maximum Gasteiger partial charge on any atom is 0.340 e. The van der Waals surface area contributed by atoms with E-state index in [4.69, 9.17) is 10.8 Å². The number of cyclic esters (lactones) is 2. The molecule has 6 heteroatoms. The summed E-state index contributed by atoms with van der Waals surface area (Å²) in [4.78, 5) is 21.5. The molecule has 6 nitrogen and oxygen atoms in total. The Morgan fingerprint density at radius 3 is 2.75 bits per heavy atom. The van der Waals surface area contributed by atoms with Crippen molar-refractivity contribution in [3.8, 4) is 0 Å². The van der Waals surface area contributed by atoms with Crippen LogP contribution in [0.3, 0.4) is 0 Å². The fourth-order valence-electron chi connectivity index (χ4n) is 0.665. The monoisotopic (exact) mass is 173 g/mol. The highest BCUT2D eigenvalue weighted by molar-refractivity contribution is 5.97. The zero-order valence-corrected chi connectivity index (χ0v) is 6.02. The molecule has 66 valence electrons. The van der Waals surface area contributed by atoms with Crippen LogP contribution in [0, 0.1) is 0 Å². The smallest absolute Gasteiger partial charge is 0.340 e. The Bertz CT molecular complexity index is 246. The molecule has 3 N–H and O–H groups in total. The van der Waals surface area contributed by atoms with Crippen molar-refractivity contribution in [2.45, 2.75) is 6.41 Å². The Labute approximate surface area is 67.6 Å². The van der Waals surface area contributed by atoms with Gasteiger partial charge in [0, 0.05) is 6.08 Å². The first-order valence-corrected chi connectivity index (χ1v) is 3.12. The van der Waals surface area contributed by atoms with Crippen molar-refractivity contribution in [3.63, 3.8) is 0 Å². The minimum atomic E-state index is -1.40. The van der Waals surface area contributed by atoms with Gasteiger partial charge in [0.05, 0.1) is 12.2 Å². The zero-order chi connectivity index (χ0) is 9.14. The number of nitrogens with two attached hydrogens (primary N) is 1. The summed E-state index contributed by atoms with van der Waals surface area (Å²) in [6, 6.07) is 0. The van der Waals surface area contributed by atoms with Gasteiger partial charge in [-0.2, -0.15) is 0 Å². The van der Waals surface area contributed by atoms with Gasteiger partial charge in [0.25, 0.3) is 0 Å². The van der Waals surface area contributed by atoms with Crippen LogP contribution in [0.1, 0.15) is 0 Å². The number of ether oxygens (including phenoxy) is 2. The number of carbonyl (C=O) groups is 2. The highest BCUT2D eigenvalue weighted by Crippen LogP contribution is 2.05. The molecule has 0 aromatic heterocycles. The lowest BCUT2D eigenvalue weighted by molar-refractivity contribution is -0.177. The van der Waals surface area contributed by atoms with E-state index in [0.717, 1.165) is 6.08 Å². The average Bonchev–Trinajstić information content (AvgIpc) is 2.09. The van der Waals surface area contributed by atoms with E-state index in [1.165, 1.54) is 0 Å². The quantitative estimate of drug-likeness (QED) is 0.456. The van der Waals surface area contributed by atoms with Crippen molar-refractivity contribution in [1.82, 2.24) is 0 Å². The van der Waals surface area contributed by atoms with E-state index >= 15 is 0 Å². The Balaban J connectivity index is 2.85. The molecule has 0 saturated carbocycles. The number of esters is 2. The van der Waals surface area contributed by atoms with Crippen molar-refractivity contribution in [3.05, 3.63) is 11.6 Å². The lowest BCUT2D eigenvalue weighted by atomic mass is 10.3. The third kappa shape index (κ3) is 1.80. The minimum absolute atomic E-state index is 0.173. The molecule has 0 aromatic carbocycles. The van der Waals surface area contributed by atoms with Gasteiger partial charge in [-0.05, 0) is 0 Å². The van der Waals surface area contributed by atoms with Gasteiger partial charge < -0.3 is 14.6 Å². The van der Waals surface area contributed by atoms with Gasteiger partial charge >= 0.3 is 18.4 Å². The lowest BCUT2D eigenvalue weighted by Crippen LogP contribution is -2.30. The molecule has 1 atom stereocenters. The summed E-state index contributed by atoms with van der Waals surface area (Å²) in [7, 11) is 0. The normalized spacial score (nSPS) is 23.8. The van der Waals surface area contributed by atoms with Gasteiger partial charge in [0.15, 0.2) is 0 Å². The molecular formula is C6H7NO5. The van der Waals surface area contributed by atoms with Crippen LogP contribution in [-0.4, -0.2) is 30.1 Å². The minimum Gasteiger partial charge on any atom is -0.408 e. The van der Waals surface area contributed by atoms with Crippen LogP contribution < -0.4 is 5.73 Å². The SMILES string of the molecule is NC1OC(=O)C=C(CO)C(=O)O1. The van der Waals surface area contributed by atoms with E-state index in [-0.39, 0.29) is 5.57 Å². The molecule has 0 aliphatic carbocycles. The van der Waals surface area contributed by atoms with E-state index < -0.39 is 25.0 Å². The number of aliphatic hydroxyl groups is 1. The van der Waals surface area contributed by atoms with Gasteiger partial charge in [-0.3, -0.25) is 5.73 Å². The van der Waals surface area contributed by atoms with E-state index in [1.807, 2.05) is 0 Å². The van der Waals surface area contributed by atoms with Crippen molar-refractivity contribution in [2.24, 2.45) is 5.73 Å². The molecule has 1 heterocycles. The van der Waals surface area contributed by atoms with Crippen molar-refractivity contribution in [2.75, 3.05) is 6.61 Å². The zero-order valence-electron chi connectivity index (χ0n) is 6.02. The highest BCUT2D eigenvalue weighted by Gasteiger charge is 2.22. The predicted molar refractivity (Wildman–Crippen MR) is 35.3 cm³/mol. The molecule has 1 unspecified atom stereocenters. The molecule has 1 rings (SSSR count). The Hall–Kier alpha value is -1.40. The van der Waals surface area contributed by atoms with Crippen molar-refractivity contribution in [1.29, 1.82) is 0 Å². The summed E-state index contributed by atoms with van der Waals surface area (Å²) in [5.74, 6) is -1.66. The fraction of sp³-hybridized carbons (Fsp3) is 0.333. The number of aliphatic hydroxyl groups excluding tert-OH is 1. The summed E-state index contributed by atoms with van der Waals surface area (Å²) < 4.78 is 8.67. The van der Waals surface area contributed by atoms with E-state index in [0.29, 0.717) is 0 Å². The molecule has 1 aliphatic heterocycles. The molecular weight excluding hydrogens is 166 g/mol. The second-order valence-electron chi connectivity index (χ2n) is 2.04. The Kier molecular flexibility index (Phi) is 2.41. The molecule has 0 spiro atoms. The molecule has 0 saturated heterocycles. The Morgan fingerprint density at radius 2 is 2.17 bits per heavy atom. The van der Waals surface area contributed by atoms with Gasteiger partial charge in [0.1, 0.15) is 0 Å². The van der Waals surface area contributed by atoms with E-state index in [1.54, 1.807) is 0 Å². The number of rotatable bonds is 1. The maximum atomic E-state index is 10.8. The molecule has 0 fully saturated rings. The summed E-state index contributed by atoms with van der Waals surface area (Å²) in [6.07, 6.45) is -0.555. The Morgan fingerprint density at radius 1 is 1.50 bits per heavy atom. The maximum absolute atomic E-state index is 10.8. The highest BCUT2D eigenvalue weighted by atomic mass is 16.7. The molecule has 1 aliphatic rings. The van der Waals surface area contributed by atoms with E-state index in [9.17, 15) is 9.59 Å². The third-order valence-corrected chi connectivity index (χ3v) is 1.18. The van der Waals surface area contributed by atoms with Crippen LogP contribution in [0.15, 0.2) is 11.6 Å². The second-order valence-corrected chi connectivity index (χ2v) is 2.04. The molecule has 0 bridgehead atoms. The molecule has 0 aromatic rings. The summed E-state index contributed by atoms with van der Waals surface area (Å²) in [5.41, 5.74) is 4.86. The van der Waals surface area contributed by atoms with Crippen molar-refractivity contribution >= 4 is 11.9 Å². The molecule has 12 heavy (non-hydrogen) atoms. The van der Waals surface area contributed by atoms with Crippen molar-refractivity contribution < 1.29 is 24.2 Å². The summed E-state index contributed by atoms with van der Waals surface area (Å²) in [5, 5.41) is 8.57. The number of hydrogen-bond acceptors (Lipinski definition) is 6. The van der Waals surface area contributed by atoms with Gasteiger partial charge in [-0.15, -0.1) is 0 Å². The number of hydrogen-bond donors (Lipinski definition) is 2. The summed E-state index contributed by atoms with van der Waals surface area (Å²) >= 11 is 0. The van der Waals surface area contributed by atoms with Crippen LogP contribution in [0.2, 0.25) is 0 Å². The van der Waals surface area contributed by atoms with Crippen LogP contribution in [0.5, 0.6) is 0 Å². The van der Waals surface area contributed by atoms with Gasteiger partial charge in [-0.1, -0.05) is 0 Å². The molecule has 0 amide bonds. The van der Waals surface area contributed by atoms with Crippen LogP contribution in [0.25, 0.3) is 0 Å². The largest absolute Gasteiger partial charge is 0.408 e. The van der Waals surface area contributed by atoms with Crippen LogP contribution in [0.4, 0.5) is 0 Å². The predicted octanol–water partition coefficient (Wildman–Crippen LogP) is -1.75. The third-order valence-electron chi connectivity index (χ3n) is 1.18.